The zero-order valence-corrected chi connectivity index (χ0v) is 16.1. The zero-order valence-electron chi connectivity index (χ0n) is 15.2. The fourth-order valence-electron chi connectivity index (χ4n) is 3.09. The molecule has 1 aliphatic heterocycles. The monoisotopic (exact) mass is 390 g/mol. The molecule has 1 aromatic carbocycles. The molecule has 0 spiro atoms. The average molecular weight is 390 g/mol. The molecule has 1 atom stereocenters. The van der Waals surface area contributed by atoms with Crippen LogP contribution in [-0.2, 0) is 16.6 Å². The molecule has 9 heteroatoms. The fraction of sp³-hybridized carbons (Fsp3) is 0.389. The molecule has 1 fully saturated rings. The molecule has 1 aliphatic rings. The van der Waals surface area contributed by atoms with Crippen molar-refractivity contribution in [2.45, 2.75) is 12.8 Å². The van der Waals surface area contributed by atoms with E-state index in [1.54, 1.807) is 24.5 Å². The Morgan fingerprint density at radius 3 is 2.48 bits per heavy atom. The maximum atomic E-state index is 12.2. The topological polar surface area (TPSA) is 104 Å². The Hall–Kier alpha value is -2.36. The summed E-state index contributed by atoms with van der Waals surface area (Å²) in [5, 5.41) is 8.95. The zero-order chi connectivity index (χ0) is 19.6. The van der Waals surface area contributed by atoms with Crippen molar-refractivity contribution >= 4 is 16.2 Å². The number of benzene rings is 1. The molecule has 0 bridgehead atoms. The Balaban J connectivity index is 1.64. The number of carboxylic acids is 1. The number of hydrogen-bond acceptors (Lipinski definition) is 5. The van der Waals surface area contributed by atoms with E-state index < -0.39 is 16.2 Å². The van der Waals surface area contributed by atoms with Crippen molar-refractivity contribution in [3.8, 4) is 11.3 Å². The summed E-state index contributed by atoms with van der Waals surface area (Å²) in [6.07, 6.45) is 4.83. The Kier molecular flexibility index (Phi) is 5.54. The maximum absolute atomic E-state index is 12.2. The lowest BCUT2D eigenvalue weighted by atomic mass is 10.0. The maximum Gasteiger partial charge on any atom is 0.335 e. The van der Waals surface area contributed by atoms with Crippen LogP contribution in [0.15, 0.2) is 36.7 Å². The Bertz CT molecular complexity index is 911. The average Bonchev–Trinajstić information content (AvgIpc) is 3.11. The molecule has 0 saturated carbocycles. The van der Waals surface area contributed by atoms with E-state index in [2.05, 4.69) is 9.97 Å². The van der Waals surface area contributed by atoms with E-state index in [-0.39, 0.29) is 11.5 Å². The summed E-state index contributed by atoms with van der Waals surface area (Å²) in [4.78, 5) is 19.8. The van der Waals surface area contributed by atoms with Crippen LogP contribution in [0.25, 0.3) is 11.3 Å². The van der Waals surface area contributed by atoms with Crippen molar-refractivity contribution in [3.05, 3.63) is 47.9 Å². The summed E-state index contributed by atoms with van der Waals surface area (Å²) in [5.74, 6) is -0.750. The van der Waals surface area contributed by atoms with Gasteiger partial charge in [-0.15, -0.1) is 0 Å². The third-order valence-electron chi connectivity index (χ3n) is 4.67. The van der Waals surface area contributed by atoms with E-state index in [1.807, 2.05) is 0 Å². The van der Waals surface area contributed by atoms with Crippen LogP contribution in [-0.4, -0.2) is 65.3 Å². The first kappa shape index (κ1) is 19.4. The van der Waals surface area contributed by atoms with Crippen molar-refractivity contribution in [1.82, 2.24) is 18.6 Å². The quantitative estimate of drug-likeness (QED) is 0.802. The van der Waals surface area contributed by atoms with E-state index in [1.165, 1.54) is 34.8 Å². The van der Waals surface area contributed by atoms with Crippen molar-refractivity contribution in [1.29, 1.82) is 0 Å². The van der Waals surface area contributed by atoms with Crippen LogP contribution in [0.4, 0.5) is 0 Å². The molecule has 2 aromatic rings. The predicted octanol–water partition coefficient (Wildman–Crippen LogP) is 1.51. The summed E-state index contributed by atoms with van der Waals surface area (Å²) in [6.45, 7) is 1.01. The Labute approximate surface area is 158 Å². The van der Waals surface area contributed by atoms with E-state index in [4.69, 9.17) is 5.11 Å². The highest BCUT2D eigenvalue weighted by Crippen LogP contribution is 2.24. The SMILES string of the molecule is CN(C)S(=O)(=O)N1CC[C@@H](Cc2cnc(-c3ccc(C(=O)O)cc3)cn2)C1. The fourth-order valence-corrected chi connectivity index (χ4v) is 4.29. The highest BCUT2D eigenvalue weighted by Gasteiger charge is 2.32. The van der Waals surface area contributed by atoms with Gasteiger partial charge in [-0.1, -0.05) is 12.1 Å². The Morgan fingerprint density at radius 1 is 1.22 bits per heavy atom. The van der Waals surface area contributed by atoms with Gasteiger partial charge in [0.1, 0.15) is 0 Å². The van der Waals surface area contributed by atoms with Crippen LogP contribution in [0.5, 0.6) is 0 Å². The predicted molar refractivity (Wildman–Crippen MR) is 100 cm³/mol. The molecule has 144 valence electrons. The summed E-state index contributed by atoms with van der Waals surface area (Å²) >= 11 is 0. The van der Waals surface area contributed by atoms with E-state index in [0.717, 1.165) is 17.7 Å². The second kappa shape index (κ2) is 7.71. The van der Waals surface area contributed by atoms with Crippen LogP contribution in [0, 0.1) is 5.92 Å². The molecule has 1 aromatic heterocycles. The van der Waals surface area contributed by atoms with Crippen molar-refractivity contribution < 1.29 is 18.3 Å². The van der Waals surface area contributed by atoms with Crippen molar-refractivity contribution in [2.75, 3.05) is 27.2 Å². The van der Waals surface area contributed by atoms with Crippen LogP contribution < -0.4 is 0 Å². The van der Waals surface area contributed by atoms with Crippen LogP contribution in [0.3, 0.4) is 0 Å². The van der Waals surface area contributed by atoms with Crippen molar-refractivity contribution in [3.63, 3.8) is 0 Å². The normalized spacial score (nSPS) is 18.1. The van der Waals surface area contributed by atoms with Gasteiger partial charge in [0.15, 0.2) is 0 Å². The first-order valence-electron chi connectivity index (χ1n) is 8.59. The highest BCUT2D eigenvalue weighted by atomic mass is 32.2. The molecule has 3 rings (SSSR count). The molecule has 0 unspecified atom stereocenters. The molecule has 0 radical (unpaired) electrons. The third-order valence-corrected chi connectivity index (χ3v) is 6.57. The van der Waals surface area contributed by atoms with E-state index in [0.29, 0.717) is 25.2 Å². The van der Waals surface area contributed by atoms with Gasteiger partial charge >= 0.3 is 5.97 Å². The number of nitrogens with zero attached hydrogens (tertiary/aromatic N) is 4. The summed E-state index contributed by atoms with van der Waals surface area (Å²) in [6, 6.07) is 6.47. The van der Waals surface area contributed by atoms with Crippen LogP contribution in [0.2, 0.25) is 0 Å². The second-order valence-corrected chi connectivity index (χ2v) is 8.92. The molecule has 8 nitrogen and oxygen atoms in total. The summed E-state index contributed by atoms with van der Waals surface area (Å²) < 4.78 is 27.1. The minimum Gasteiger partial charge on any atom is -0.478 e. The Morgan fingerprint density at radius 2 is 1.93 bits per heavy atom. The number of rotatable bonds is 6. The van der Waals surface area contributed by atoms with Gasteiger partial charge in [0.25, 0.3) is 10.2 Å². The molecule has 27 heavy (non-hydrogen) atoms. The van der Waals surface area contributed by atoms with Gasteiger partial charge in [0.05, 0.1) is 23.1 Å². The lowest BCUT2D eigenvalue weighted by Crippen LogP contribution is -2.38. The number of aromatic nitrogens is 2. The minimum absolute atomic E-state index is 0.217. The second-order valence-electron chi connectivity index (χ2n) is 6.78. The van der Waals surface area contributed by atoms with Gasteiger partial charge in [-0.05, 0) is 30.9 Å². The third kappa shape index (κ3) is 4.32. The first-order chi connectivity index (χ1) is 12.8. The standard InChI is InChI=1S/C18H22N4O4S/c1-21(2)27(25,26)22-8-7-13(12-22)9-16-10-20-17(11-19-16)14-3-5-15(6-4-14)18(23)24/h3-6,10-11,13H,7-9,12H2,1-2H3,(H,23,24)/t13-/m0/s1. The van der Waals surface area contributed by atoms with Gasteiger partial charge in [0.2, 0.25) is 0 Å². The van der Waals surface area contributed by atoms with Crippen LogP contribution >= 0.6 is 0 Å². The largest absolute Gasteiger partial charge is 0.478 e. The smallest absolute Gasteiger partial charge is 0.335 e. The summed E-state index contributed by atoms with van der Waals surface area (Å²) in [7, 11) is -0.290. The molecule has 2 heterocycles. The number of carbonyl (C=O) groups is 1. The molecule has 1 saturated heterocycles. The van der Waals surface area contributed by atoms with Gasteiger partial charge in [-0.2, -0.15) is 17.0 Å². The highest BCUT2D eigenvalue weighted by molar-refractivity contribution is 7.86. The molecular formula is C18H22N4O4S. The van der Waals surface area contributed by atoms with E-state index >= 15 is 0 Å². The van der Waals surface area contributed by atoms with Crippen molar-refractivity contribution in [2.24, 2.45) is 5.92 Å². The van der Waals surface area contributed by atoms with Gasteiger partial charge in [0, 0.05) is 38.9 Å². The van der Waals surface area contributed by atoms with E-state index in [9.17, 15) is 13.2 Å². The number of aromatic carboxylic acids is 1. The number of carboxylic acid groups (broad SMARTS) is 1. The lowest BCUT2D eigenvalue weighted by Gasteiger charge is -2.20. The van der Waals surface area contributed by atoms with Gasteiger partial charge in [-0.25, -0.2) is 4.79 Å². The molecule has 0 amide bonds. The number of hydrogen-bond donors (Lipinski definition) is 1. The van der Waals surface area contributed by atoms with Crippen LogP contribution in [0.1, 0.15) is 22.5 Å². The minimum atomic E-state index is -3.37. The van der Waals surface area contributed by atoms with Gasteiger partial charge < -0.3 is 5.11 Å². The molecule has 1 N–H and O–H groups in total. The lowest BCUT2D eigenvalue weighted by molar-refractivity contribution is 0.0697. The molecular weight excluding hydrogens is 368 g/mol. The first-order valence-corrected chi connectivity index (χ1v) is 9.99. The summed E-state index contributed by atoms with van der Waals surface area (Å²) in [5.41, 5.74) is 2.50. The molecule has 0 aliphatic carbocycles. The van der Waals surface area contributed by atoms with Gasteiger partial charge in [-0.3, -0.25) is 9.97 Å².